The summed E-state index contributed by atoms with van der Waals surface area (Å²) in [7, 11) is -1.49. The van der Waals surface area contributed by atoms with Crippen LogP contribution in [0, 0.1) is 0 Å². The first-order valence-electron chi connectivity index (χ1n) is 8.04. The van der Waals surface area contributed by atoms with Crippen LogP contribution >= 0.6 is 0 Å². The molecular weight excluding hydrogens is 328 g/mol. The van der Waals surface area contributed by atoms with E-state index in [2.05, 4.69) is 15.3 Å². The number of methoxy groups -OCH3 is 1. The number of nitrogens with one attached hydrogen (secondary N) is 1. The molecule has 1 fully saturated rings. The van der Waals surface area contributed by atoms with Crippen molar-refractivity contribution in [1.29, 1.82) is 0 Å². The van der Waals surface area contributed by atoms with Crippen molar-refractivity contribution in [2.45, 2.75) is 32.1 Å². The molecule has 1 N–H and O–H groups in total. The molecule has 0 spiro atoms. The third-order valence-electron chi connectivity index (χ3n) is 4.12. The number of nitrogens with zero attached hydrogens (tertiary/aromatic N) is 3. The summed E-state index contributed by atoms with van der Waals surface area (Å²) in [6.07, 6.45) is 1.68. The normalized spacial score (nSPS) is 19.8. The fourth-order valence-electron chi connectivity index (χ4n) is 2.64. The smallest absolute Gasteiger partial charge is 0.218 e. The molecule has 1 aromatic rings. The zero-order valence-corrected chi connectivity index (χ0v) is 15.6. The maximum atomic E-state index is 12.2. The average molecular weight is 354 g/mol. The van der Waals surface area contributed by atoms with Crippen molar-refractivity contribution in [3.05, 3.63) is 23.9 Å². The van der Waals surface area contributed by atoms with Crippen molar-refractivity contribution in [2.24, 2.45) is 4.99 Å². The Morgan fingerprint density at radius 1 is 1.50 bits per heavy atom. The summed E-state index contributed by atoms with van der Waals surface area (Å²) in [6, 6.07) is 3.76. The molecule has 1 saturated heterocycles. The molecular formula is C16H26N4O3S. The van der Waals surface area contributed by atoms with E-state index >= 15 is 0 Å². The third-order valence-corrected chi connectivity index (χ3v) is 6.65. The fraction of sp³-hybridized carbons (Fsp3) is 0.625. The second-order valence-corrected chi connectivity index (χ2v) is 9.09. The monoisotopic (exact) mass is 354 g/mol. The predicted molar refractivity (Wildman–Crippen MR) is 95.0 cm³/mol. The standard InChI is InChI=1S/C16H26N4O3S/c1-5-17-15(19-11-13-7-6-8-18-14(13)23-4)20-9-10-24(21,22)16(2,3)12-20/h6-8H,5,9-12H2,1-4H3,(H,17,19). The average Bonchev–Trinajstić information content (AvgIpc) is 2.54. The summed E-state index contributed by atoms with van der Waals surface area (Å²) < 4.78 is 28.8. The fourth-order valence-corrected chi connectivity index (χ4v) is 4.00. The highest BCUT2D eigenvalue weighted by Crippen LogP contribution is 2.24. The SMILES string of the molecule is CCNC(=NCc1cccnc1OC)N1CCS(=O)(=O)C(C)(C)C1. The summed E-state index contributed by atoms with van der Waals surface area (Å²) in [6.45, 7) is 7.53. The first-order chi connectivity index (χ1) is 11.3. The predicted octanol–water partition coefficient (Wildman–Crippen LogP) is 1.06. The van der Waals surface area contributed by atoms with E-state index in [1.165, 1.54) is 0 Å². The number of rotatable bonds is 4. The maximum Gasteiger partial charge on any atom is 0.218 e. The van der Waals surface area contributed by atoms with Gasteiger partial charge in [0, 0.05) is 31.4 Å². The molecule has 0 atom stereocenters. The van der Waals surface area contributed by atoms with Crippen molar-refractivity contribution >= 4 is 15.8 Å². The van der Waals surface area contributed by atoms with Crippen molar-refractivity contribution in [3.8, 4) is 5.88 Å². The van der Waals surface area contributed by atoms with Gasteiger partial charge in [0.15, 0.2) is 15.8 Å². The topological polar surface area (TPSA) is 83.9 Å². The van der Waals surface area contributed by atoms with Gasteiger partial charge in [-0.25, -0.2) is 18.4 Å². The highest BCUT2D eigenvalue weighted by Gasteiger charge is 2.40. The van der Waals surface area contributed by atoms with E-state index in [4.69, 9.17) is 4.74 Å². The summed E-state index contributed by atoms with van der Waals surface area (Å²) in [5, 5.41) is 3.25. The van der Waals surface area contributed by atoms with Crippen LogP contribution in [0.3, 0.4) is 0 Å². The van der Waals surface area contributed by atoms with Crippen LogP contribution in [0.5, 0.6) is 5.88 Å². The molecule has 2 rings (SSSR count). The van der Waals surface area contributed by atoms with Crippen LogP contribution in [0.25, 0.3) is 0 Å². The van der Waals surface area contributed by atoms with E-state index in [0.29, 0.717) is 38.0 Å². The number of hydrogen-bond acceptors (Lipinski definition) is 5. The number of aromatic nitrogens is 1. The van der Waals surface area contributed by atoms with E-state index in [1.54, 1.807) is 27.2 Å². The number of ether oxygens (including phenoxy) is 1. The Balaban J connectivity index is 2.20. The first-order valence-corrected chi connectivity index (χ1v) is 9.69. The van der Waals surface area contributed by atoms with Gasteiger partial charge in [0.1, 0.15) is 0 Å². The van der Waals surface area contributed by atoms with E-state index in [1.807, 2.05) is 24.0 Å². The molecule has 0 amide bonds. The Morgan fingerprint density at radius 3 is 2.88 bits per heavy atom. The lowest BCUT2D eigenvalue weighted by atomic mass is 10.2. The number of guanidine groups is 1. The molecule has 0 radical (unpaired) electrons. The van der Waals surface area contributed by atoms with Gasteiger partial charge in [-0.15, -0.1) is 0 Å². The molecule has 1 aromatic heterocycles. The summed E-state index contributed by atoms with van der Waals surface area (Å²) >= 11 is 0. The number of pyridine rings is 1. The lowest BCUT2D eigenvalue weighted by Crippen LogP contribution is -2.57. The number of sulfone groups is 1. The number of aliphatic imine (C=N–C) groups is 1. The van der Waals surface area contributed by atoms with Gasteiger partial charge in [0.05, 0.1) is 24.2 Å². The first kappa shape index (κ1) is 18.5. The van der Waals surface area contributed by atoms with Gasteiger partial charge in [-0.2, -0.15) is 0 Å². The molecule has 1 aliphatic rings. The number of hydrogen-bond donors (Lipinski definition) is 1. The van der Waals surface area contributed by atoms with Gasteiger partial charge in [-0.3, -0.25) is 0 Å². The quantitative estimate of drug-likeness (QED) is 0.643. The van der Waals surface area contributed by atoms with Crippen LogP contribution in [-0.4, -0.2) is 61.5 Å². The minimum atomic E-state index is -3.07. The van der Waals surface area contributed by atoms with Crippen LogP contribution in [0.4, 0.5) is 0 Å². The van der Waals surface area contributed by atoms with Crippen LogP contribution in [0.1, 0.15) is 26.3 Å². The molecule has 7 nitrogen and oxygen atoms in total. The van der Waals surface area contributed by atoms with Gasteiger partial charge in [-0.05, 0) is 26.8 Å². The van der Waals surface area contributed by atoms with Crippen LogP contribution in [0.15, 0.2) is 23.3 Å². The van der Waals surface area contributed by atoms with E-state index in [0.717, 1.165) is 5.56 Å². The van der Waals surface area contributed by atoms with Crippen LogP contribution in [-0.2, 0) is 16.4 Å². The molecule has 134 valence electrons. The van der Waals surface area contributed by atoms with Gasteiger partial charge in [0.25, 0.3) is 0 Å². The molecule has 0 bridgehead atoms. The second-order valence-electron chi connectivity index (χ2n) is 6.34. The molecule has 24 heavy (non-hydrogen) atoms. The van der Waals surface area contributed by atoms with Gasteiger partial charge in [-0.1, -0.05) is 6.07 Å². The van der Waals surface area contributed by atoms with Gasteiger partial charge < -0.3 is 15.0 Å². The molecule has 0 aliphatic carbocycles. The highest BCUT2D eigenvalue weighted by molar-refractivity contribution is 7.92. The van der Waals surface area contributed by atoms with Crippen molar-refractivity contribution in [2.75, 3.05) is 32.5 Å². The Kier molecular flexibility index (Phi) is 5.69. The van der Waals surface area contributed by atoms with Crippen LogP contribution in [0.2, 0.25) is 0 Å². The molecule has 0 saturated carbocycles. The zero-order valence-electron chi connectivity index (χ0n) is 14.7. The van der Waals surface area contributed by atoms with E-state index in [9.17, 15) is 8.42 Å². The summed E-state index contributed by atoms with van der Waals surface area (Å²) in [5.74, 6) is 1.41. The lowest BCUT2D eigenvalue weighted by molar-refractivity contribution is 0.353. The lowest BCUT2D eigenvalue weighted by Gasteiger charge is -2.39. The summed E-state index contributed by atoms with van der Waals surface area (Å²) in [5.41, 5.74) is 0.888. The molecule has 0 unspecified atom stereocenters. The highest BCUT2D eigenvalue weighted by atomic mass is 32.2. The van der Waals surface area contributed by atoms with Gasteiger partial charge in [0.2, 0.25) is 5.88 Å². The Hall–Kier alpha value is -1.83. The Bertz CT molecular complexity index is 701. The molecule has 8 heteroatoms. The summed E-state index contributed by atoms with van der Waals surface area (Å²) in [4.78, 5) is 10.8. The Labute approximate surface area is 144 Å². The minimum Gasteiger partial charge on any atom is -0.481 e. The molecule has 1 aliphatic heterocycles. The minimum absolute atomic E-state index is 0.140. The van der Waals surface area contributed by atoms with Crippen molar-refractivity contribution < 1.29 is 13.2 Å². The maximum absolute atomic E-state index is 12.2. The van der Waals surface area contributed by atoms with Crippen LogP contribution < -0.4 is 10.1 Å². The Morgan fingerprint density at radius 2 is 2.25 bits per heavy atom. The molecule has 2 heterocycles. The van der Waals surface area contributed by atoms with E-state index < -0.39 is 14.6 Å². The largest absolute Gasteiger partial charge is 0.481 e. The second kappa shape index (κ2) is 7.38. The molecule has 0 aromatic carbocycles. The van der Waals surface area contributed by atoms with Gasteiger partial charge >= 0.3 is 0 Å². The van der Waals surface area contributed by atoms with Crippen molar-refractivity contribution in [3.63, 3.8) is 0 Å². The van der Waals surface area contributed by atoms with E-state index in [-0.39, 0.29) is 5.75 Å². The zero-order chi connectivity index (χ0) is 17.8. The third kappa shape index (κ3) is 3.98. The van der Waals surface area contributed by atoms with Crippen molar-refractivity contribution in [1.82, 2.24) is 15.2 Å².